The third kappa shape index (κ3) is 4.15. The Kier molecular flexibility index (Phi) is 5.48. The quantitative estimate of drug-likeness (QED) is 0.519. The molecule has 0 saturated heterocycles. The first-order valence-corrected chi connectivity index (χ1v) is 10.8. The van der Waals surface area contributed by atoms with E-state index < -0.39 is 0 Å². The second-order valence-electron chi connectivity index (χ2n) is 7.97. The van der Waals surface area contributed by atoms with Crippen molar-refractivity contribution >= 4 is 22.7 Å². The third-order valence-electron chi connectivity index (χ3n) is 5.87. The Hall–Kier alpha value is -4.19. The molecule has 1 N–H and O–H groups in total. The first-order chi connectivity index (χ1) is 16.1. The number of para-hydroxylation sites is 1. The number of pyridine rings is 1. The van der Waals surface area contributed by atoms with E-state index in [1.54, 1.807) is 36.2 Å². The van der Waals surface area contributed by atoms with Gasteiger partial charge in [-0.3, -0.25) is 14.6 Å². The van der Waals surface area contributed by atoms with Crippen molar-refractivity contribution in [3.63, 3.8) is 0 Å². The Bertz CT molecular complexity index is 1350. The molecule has 164 valence electrons. The number of hydrogen-bond acceptors (Lipinski definition) is 4. The molecule has 0 aliphatic carbocycles. The molecule has 4 aromatic rings. The summed E-state index contributed by atoms with van der Waals surface area (Å²) in [7, 11) is 1.58. The van der Waals surface area contributed by atoms with Crippen molar-refractivity contribution in [1.82, 2.24) is 15.2 Å². The monoisotopic (exact) mass is 437 g/mol. The van der Waals surface area contributed by atoms with Crippen molar-refractivity contribution < 1.29 is 14.3 Å². The summed E-state index contributed by atoms with van der Waals surface area (Å²) in [6.45, 7) is 1.35. The van der Waals surface area contributed by atoms with E-state index >= 15 is 0 Å². The summed E-state index contributed by atoms with van der Waals surface area (Å²) in [5.41, 5.74) is 5.02. The predicted molar refractivity (Wildman–Crippen MR) is 127 cm³/mol. The number of nitrogens with one attached hydrogen (secondary N) is 1. The van der Waals surface area contributed by atoms with Crippen LogP contribution >= 0.6 is 0 Å². The summed E-state index contributed by atoms with van der Waals surface area (Å²) in [6.07, 6.45) is 1.87. The molecule has 33 heavy (non-hydrogen) atoms. The van der Waals surface area contributed by atoms with Crippen molar-refractivity contribution in [3.05, 3.63) is 95.7 Å². The van der Waals surface area contributed by atoms with Gasteiger partial charge in [-0.1, -0.05) is 24.3 Å². The van der Waals surface area contributed by atoms with Crippen molar-refractivity contribution in [2.24, 2.45) is 0 Å². The first kappa shape index (κ1) is 20.7. The zero-order valence-corrected chi connectivity index (χ0v) is 18.2. The summed E-state index contributed by atoms with van der Waals surface area (Å²) in [4.78, 5) is 31.3. The average Bonchev–Trinajstić information content (AvgIpc) is 3.09. The van der Waals surface area contributed by atoms with E-state index in [1.807, 2.05) is 42.6 Å². The van der Waals surface area contributed by atoms with Crippen molar-refractivity contribution in [2.75, 3.05) is 20.2 Å². The number of hydrogen-bond donors (Lipinski definition) is 1. The van der Waals surface area contributed by atoms with Gasteiger partial charge in [-0.25, -0.2) is 0 Å². The maximum absolute atomic E-state index is 13.2. The van der Waals surface area contributed by atoms with E-state index in [4.69, 9.17) is 4.74 Å². The van der Waals surface area contributed by atoms with Crippen LogP contribution in [0.3, 0.4) is 0 Å². The minimum Gasteiger partial charge on any atom is -0.491 e. The van der Waals surface area contributed by atoms with Crippen LogP contribution < -0.4 is 10.1 Å². The number of benzene rings is 3. The van der Waals surface area contributed by atoms with E-state index in [9.17, 15) is 9.59 Å². The number of ether oxygens (including phenoxy) is 1. The zero-order chi connectivity index (χ0) is 22.8. The van der Waals surface area contributed by atoms with E-state index in [0.717, 1.165) is 33.3 Å². The number of carbonyl (C=O) groups excluding carboxylic acids is 2. The Morgan fingerprint density at radius 2 is 1.73 bits per heavy atom. The highest BCUT2D eigenvalue weighted by atomic mass is 16.5. The van der Waals surface area contributed by atoms with Crippen LogP contribution in [-0.2, 0) is 6.54 Å². The van der Waals surface area contributed by atoms with E-state index in [-0.39, 0.29) is 11.8 Å². The molecule has 0 atom stereocenters. The molecule has 2 amide bonds. The van der Waals surface area contributed by atoms with Crippen LogP contribution in [0.5, 0.6) is 5.75 Å². The normalized spacial score (nSPS) is 13.1. The highest BCUT2D eigenvalue weighted by molar-refractivity contribution is 5.97. The first-order valence-electron chi connectivity index (χ1n) is 10.8. The molecule has 6 heteroatoms. The van der Waals surface area contributed by atoms with Crippen molar-refractivity contribution in [3.8, 4) is 16.9 Å². The van der Waals surface area contributed by atoms with Gasteiger partial charge in [0.2, 0.25) is 0 Å². The Labute approximate surface area is 191 Å². The Balaban J connectivity index is 1.41. The summed E-state index contributed by atoms with van der Waals surface area (Å²) >= 11 is 0. The standard InChI is InChI=1S/C27H23N3O3/c1-28-26(31)18-6-8-19(9-7-18)27(32)30-12-13-33-25-11-10-20(14-23(25)17-30)22-15-21-4-2-3-5-24(21)29-16-22/h2-11,14-16H,12-13,17H2,1H3,(H,28,31). The predicted octanol–water partition coefficient (Wildman–Crippen LogP) is 4.30. The van der Waals surface area contributed by atoms with Crippen LogP contribution in [0.4, 0.5) is 0 Å². The number of amides is 2. The van der Waals surface area contributed by atoms with Gasteiger partial charge in [-0.05, 0) is 54.1 Å². The van der Waals surface area contributed by atoms with Crippen molar-refractivity contribution in [2.45, 2.75) is 6.54 Å². The van der Waals surface area contributed by atoms with E-state index in [1.165, 1.54) is 0 Å². The largest absolute Gasteiger partial charge is 0.491 e. The fraction of sp³-hybridized carbons (Fsp3) is 0.148. The SMILES string of the molecule is CNC(=O)c1ccc(C(=O)N2CCOc3ccc(-c4cnc5ccccc5c4)cc3C2)cc1. The Morgan fingerprint density at radius 3 is 2.55 bits per heavy atom. The number of nitrogens with zero attached hydrogens (tertiary/aromatic N) is 2. The highest BCUT2D eigenvalue weighted by Gasteiger charge is 2.22. The number of fused-ring (bicyclic) bond motifs is 2. The van der Waals surface area contributed by atoms with Gasteiger partial charge in [0.05, 0.1) is 12.1 Å². The summed E-state index contributed by atoms with van der Waals surface area (Å²) in [6, 6.07) is 22.9. The van der Waals surface area contributed by atoms with Crippen LogP contribution in [0.2, 0.25) is 0 Å². The van der Waals surface area contributed by atoms with Gasteiger partial charge in [0.15, 0.2) is 0 Å². The maximum Gasteiger partial charge on any atom is 0.254 e. The van der Waals surface area contributed by atoms with E-state index in [0.29, 0.717) is 30.8 Å². The fourth-order valence-electron chi connectivity index (χ4n) is 4.07. The second kappa shape index (κ2) is 8.74. The lowest BCUT2D eigenvalue weighted by Crippen LogP contribution is -2.32. The van der Waals surface area contributed by atoms with Crippen molar-refractivity contribution in [1.29, 1.82) is 0 Å². The summed E-state index contributed by atoms with van der Waals surface area (Å²) in [5, 5.41) is 3.67. The molecular formula is C27H23N3O3. The molecule has 0 bridgehead atoms. The van der Waals surface area contributed by atoms with E-state index in [2.05, 4.69) is 22.4 Å². The van der Waals surface area contributed by atoms with Crippen LogP contribution in [0.25, 0.3) is 22.0 Å². The van der Waals surface area contributed by atoms with Gasteiger partial charge < -0.3 is 15.0 Å². The Morgan fingerprint density at radius 1 is 0.939 bits per heavy atom. The number of aromatic nitrogens is 1. The molecule has 6 nitrogen and oxygen atoms in total. The van der Waals surface area contributed by atoms with Crippen LogP contribution in [0, 0.1) is 0 Å². The lowest BCUT2D eigenvalue weighted by Gasteiger charge is -2.20. The van der Waals surface area contributed by atoms with Gasteiger partial charge in [0.25, 0.3) is 11.8 Å². The maximum atomic E-state index is 13.2. The van der Waals surface area contributed by atoms with Gasteiger partial charge >= 0.3 is 0 Å². The molecule has 0 saturated carbocycles. The van der Waals surface area contributed by atoms with Gasteiger partial charge in [-0.15, -0.1) is 0 Å². The molecule has 1 aliphatic heterocycles. The second-order valence-corrected chi connectivity index (χ2v) is 7.97. The molecule has 3 aromatic carbocycles. The molecule has 5 rings (SSSR count). The zero-order valence-electron chi connectivity index (χ0n) is 18.2. The molecule has 0 fully saturated rings. The van der Waals surface area contributed by atoms with Crippen LogP contribution in [0.1, 0.15) is 26.3 Å². The van der Waals surface area contributed by atoms with Gasteiger partial charge in [0, 0.05) is 47.4 Å². The lowest BCUT2D eigenvalue weighted by molar-refractivity contribution is 0.0732. The average molecular weight is 437 g/mol. The minimum absolute atomic E-state index is 0.0901. The third-order valence-corrected chi connectivity index (χ3v) is 5.87. The molecule has 2 heterocycles. The summed E-state index contributed by atoms with van der Waals surface area (Å²) in [5.74, 6) is 0.521. The highest BCUT2D eigenvalue weighted by Crippen LogP contribution is 2.30. The molecular weight excluding hydrogens is 414 g/mol. The molecule has 1 aromatic heterocycles. The van der Waals surface area contributed by atoms with Crippen LogP contribution in [-0.4, -0.2) is 41.9 Å². The fourth-order valence-corrected chi connectivity index (χ4v) is 4.07. The smallest absolute Gasteiger partial charge is 0.254 e. The number of carbonyl (C=O) groups is 2. The van der Waals surface area contributed by atoms with Crippen LogP contribution in [0.15, 0.2) is 79.0 Å². The number of rotatable bonds is 3. The molecule has 0 spiro atoms. The molecule has 0 radical (unpaired) electrons. The topological polar surface area (TPSA) is 71.5 Å². The minimum atomic E-state index is -0.179. The summed E-state index contributed by atoms with van der Waals surface area (Å²) < 4.78 is 5.93. The van der Waals surface area contributed by atoms with Gasteiger partial charge in [0.1, 0.15) is 12.4 Å². The molecule has 0 unspecified atom stereocenters. The lowest BCUT2D eigenvalue weighted by atomic mass is 10.0. The molecule has 1 aliphatic rings. The van der Waals surface area contributed by atoms with Gasteiger partial charge in [-0.2, -0.15) is 0 Å².